The third kappa shape index (κ3) is 3.41. The van der Waals surface area contributed by atoms with Crippen molar-refractivity contribution in [3.8, 4) is 0 Å². The van der Waals surface area contributed by atoms with Gasteiger partial charge in [0.05, 0.1) is 0 Å². The molecule has 1 amide bonds. The fourth-order valence-electron chi connectivity index (χ4n) is 0.714. The van der Waals surface area contributed by atoms with E-state index in [-0.39, 0.29) is 17.9 Å². The largest absolute Gasteiger partial charge is 0.390 e. The lowest BCUT2D eigenvalue weighted by atomic mass is 10.6. The Hall–Kier alpha value is -1.79. The van der Waals surface area contributed by atoms with Gasteiger partial charge in [-0.3, -0.25) is 4.79 Å². The normalized spacial score (nSPS) is 9.62. The number of hydrogen-bond acceptors (Lipinski definition) is 6. The number of carbonyl (C=O) groups excluding carboxylic acids is 1. The fraction of sp³-hybridized carbons (Fsp3) is 0.500. The Bertz CT molecular complexity index is 284. The summed E-state index contributed by atoms with van der Waals surface area (Å²) in [5.41, 5.74) is 5.18. The molecule has 0 radical (unpaired) electrons. The molecule has 0 fully saturated rings. The van der Waals surface area contributed by atoms with Crippen molar-refractivity contribution in [1.29, 1.82) is 0 Å². The highest BCUT2D eigenvalue weighted by Crippen LogP contribution is 2.04. The summed E-state index contributed by atoms with van der Waals surface area (Å²) < 4.78 is 4.82. The van der Waals surface area contributed by atoms with Crippen LogP contribution in [-0.2, 0) is 4.79 Å². The first-order valence-electron chi connectivity index (χ1n) is 3.76. The van der Waals surface area contributed by atoms with Gasteiger partial charge in [0, 0.05) is 20.0 Å². The first-order valence-corrected chi connectivity index (χ1v) is 3.76. The molecule has 1 rings (SSSR count). The number of nitrogens with two attached hydrogens (primary N) is 1. The minimum Gasteiger partial charge on any atom is -0.390 e. The Labute approximate surface area is 74.7 Å². The molecule has 1 aromatic heterocycles. The van der Waals surface area contributed by atoms with E-state index in [4.69, 9.17) is 10.2 Å². The lowest BCUT2D eigenvalue weighted by molar-refractivity contribution is -0.118. The van der Waals surface area contributed by atoms with Crippen LogP contribution in [0.2, 0.25) is 0 Å². The maximum Gasteiger partial charge on any atom is 0.316 e. The number of nitrogens with zero attached hydrogens (tertiary/aromatic N) is 2. The molecule has 0 aliphatic carbocycles. The summed E-state index contributed by atoms with van der Waals surface area (Å²) in [6.07, 6.45) is 0. The third-order valence-corrected chi connectivity index (χ3v) is 1.22. The van der Waals surface area contributed by atoms with Gasteiger partial charge in [-0.1, -0.05) is 10.2 Å². The standard InChI is InChI=1S/C6H11N5O2/c1-4(12)8-2-3-9-6-11-10-5(7)13-6/h2-3H2,1H3,(H2,7,10)(H,8,12)(H,9,11). The zero-order valence-electron chi connectivity index (χ0n) is 7.20. The van der Waals surface area contributed by atoms with E-state index in [0.29, 0.717) is 13.1 Å². The average Bonchev–Trinajstić information content (AvgIpc) is 2.45. The topological polar surface area (TPSA) is 106 Å². The highest BCUT2D eigenvalue weighted by molar-refractivity contribution is 5.72. The minimum atomic E-state index is -0.0770. The van der Waals surface area contributed by atoms with E-state index >= 15 is 0 Å². The summed E-state index contributed by atoms with van der Waals surface area (Å²) in [6.45, 7) is 2.46. The van der Waals surface area contributed by atoms with Crippen LogP contribution >= 0.6 is 0 Å². The second kappa shape index (κ2) is 4.29. The van der Waals surface area contributed by atoms with Gasteiger partial charge in [0.15, 0.2) is 0 Å². The molecular weight excluding hydrogens is 174 g/mol. The van der Waals surface area contributed by atoms with E-state index in [2.05, 4.69) is 20.8 Å². The van der Waals surface area contributed by atoms with E-state index in [1.807, 2.05) is 0 Å². The van der Waals surface area contributed by atoms with Gasteiger partial charge in [-0.05, 0) is 0 Å². The van der Waals surface area contributed by atoms with Crippen LogP contribution in [0.15, 0.2) is 4.42 Å². The van der Waals surface area contributed by atoms with Gasteiger partial charge in [-0.15, -0.1) is 0 Å². The lowest BCUT2D eigenvalue weighted by Gasteiger charge is -2.00. The van der Waals surface area contributed by atoms with Gasteiger partial charge in [-0.25, -0.2) is 0 Å². The molecule has 1 aromatic rings. The molecule has 13 heavy (non-hydrogen) atoms. The van der Waals surface area contributed by atoms with Crippen molar-refractivity contribution in [2.75, 3.05) is 24.1 Å². The van der Waals surface area contributed by atoms with E-state index < -0.39 is 0 Å². The molecule has 72 valence electrons. The number of aromatic nitrogens is 2. The summed E-state index contributed by atoms with van der Waals surface area (Å²) in [7, 11) is 0. The number of hydrogen-bond donors (Lipinski definition) is 3. The molecule has 0 bridgehead atoms. The first kappa shape index (κ1) is 9.30. The van der Waals surface area contributed by atoms with Crippen molar-refractivity contribution < 1.29 is 9.21 Å². The zero-order valence-corrected chi connectivity index (χ0v) is 7.20. The first-order chi connectivity index (χ1) is 6.18. The second-order valence-corrected chi connectivity index (χ2v) is 2.36. The van der Waals surface area contributed by atoms with Crippen LogP contribution in [0.1, 0.15) is 6.92 Å². The monoisotopic (exact) mass is 185 g/mol. The van der Waals surface area contributed by atoms with Crippen LogP contribution in [0.4, 0.5) is 12.0 Å². The van der Waals surface area contributed by atoms with Crippen molar-refractivity contribution in [3.63, 3.8) is 0 Å². The van der Waals surface area contributed by atoms with Crippen molar-refractivity contribution in [1.82, 2.24) is 15.5 Å². The number of nitrogen functional groups attached to an aromatic ring is 1. The number of nitrogens with one attached hydrogen (secondary N) is 2. The molecular formula is C6H11N5O2. The van der Waals surface area contributed by atoms with Gasteiger partial charge in [0.2, 0.25) is 5.91 Å². The molecule has 4 N–H and O–H groups in total. The molecule has 0 unspecified atom stereocenters. The van der Waals surface area contributed by atoms with Gasteiger partial charge in [-0.2, -0.15) is 0 Å². The number of carbonyl (C=O) groups is 1. The smallest absolute Gasteiger partial charge is 0.316 e. The Balaban J connectivity index is 2.16. The van der Waals surface area contributed by atoms with E-state index in [1.54, 1.807) is 0 Å². The molecule has 0 spiro atoms. The maximum absolute atomic E-state index is 10.4. The molecule has 0 aliphatic rings. The van der Waals surface area contributed by atoms with Crippen LogP contribution in [0, 0.1) is 0 Å². The van der Waals surface area contributed by atoms with Crippen LogP contribution in [0.5, 0.6) is 0 Å². The van der Waals surface area contributed by atoms with Crippen LogP contribution in [0.25, 0.3) is 0 Å². The van der Waals surface area contributed by atoms with E-state index in [1.165, 1.54) is 6.92 Å². The Kier molecular flexibility index (Phi) is 3.07. The average molecular weight is 185 g/mol. The van der Waals surface area contributed by atoms with E-state index in [9.17, 15) is 4.79 Å². The lowest BCUT2D eigenvalue weighted by Crippen LogP contribution is -2.26. The van der Waals surface area contributed by atoms with Crippen molar-refractivity contribution in [2.45, 2.75) is 6.92 Å². The van der Waals surface area contributed by atoms with Crippen LogP contribution < -0.4 is 16.4 Å². The van der Waals surface area contributed by atoms with Crippen LogP contribution in [0.3, 0.4) is 0 Å². The second-order valence-electron chi connectivity index (χ2n) is 2.36. The Morgan fingerprint density at radius 3 is 2.85 bits per heavy atom. The van der Waals surface area contributed by atoms with Crippen molar-refractivity contribution in [2.24, 2.45) is 0 Å². The quantitative estimate of drug-likeness (QED) is 0.530. The Morgan fingerprint density at radius 2 is 2.31 bits per heavy atom. The predicted octanol–water partition coefficient (Wildman–Crippen LogP) is -0.800. The molecule has 0 saturated heterocycles. The minimum absolute atomic E-state index is 0.0158. The number of rotatable bonds is 4. The summed E-state index contributed by atoms with van der Waals surface area (Å²) >= 11 is 0. The third-order valence-electron chi connectivity index (χ3n) is 1.22. The summed E-state index contributed by atoms with van der Waals surface area (Å²) in [5.74, 6) is -0.0770. The molecule has 7 nitrogen and oxygen atoms in total. The molecule has 0 saturated carbocycles. The highest BCUT2D eigenvalue weighted by Gasteiger charge is 1.99. The van der Waals surface area contributed by atoms with Crippen molar-refractivity contribution in [3.05, 3.63) is 0 Å². The predicted molar refractivity (Wildman–Crippen MR) is 45.9 cm³/mol. The number of amides is 1. The van der Waals surface area contributed by atoms with Gasteiger partial charge >= 0.3 is 12.0 Å². The molecule has 7 heteroatoms. The molecule has 0 atom stereocenters. The van der Waals surface area contributed by atoms with Gasteiger partial charge < -0.3 is 20.8 Å². The van der Waals surface area contributed by atoms with Crippen molar-refractivity contribution >= 4 is 17.9 Å². The van der Waals surface area contributed by atoms with Crippen LogP contribution in [-0.4, -0.2) is 29.2 Å². The molecule has 0 aliphatic heterocycles. The SMILES string of the molecule is CC(=O)NCCNc1nnc(N)o1. The summed E-state index contributed by atoms with van der Waals surface area (Å²) in [5, 5.41) is 12.4. The maximum atomic E-state index is 10.4. The summed E-state index contributed by atoms with van der Waals surface area (Å²) in [4.78, 5) is 10.4. The van der Waals surface area contributed by atoms with Gasteiger partial charge in [0.25, 0.3) is 0 Å². The Morgan fingerprint density at radius 1 is 1.54 bits per heavy atom. The van der Waals surface area contributed by atoms with E-state index in [0.717, 1.165) is 0 Å². The van der Waals surface area contributed by atoms with Gasteiger partial charge in [0.1, 0.15) is 0 Å². The number of anilines is 2. The molecule has 0 aromatic carbocycles. The fourth-order valence-corrected chi connectivity index (χ4v) is 0.714. The molecule has 1 heterocycles. The zero-order chi connectivity index (χ0) is 9.68. The highest BCUT2D eigenvalue weighted by atomic mass is 16.4. The summed E-state index contributed by atoms with van der Waals surface area (Å²) in [6, 6.07) is 0.268.